The number of benzene rings is 1. The third-order valence-electron chi connectivity index (χ3n) is 4.25. The quantitative estimate of drug-likeness (QED) is 0.616. The number of nitrogens with one attached hydrogen (secondary N) is 1. The first kappa shape index (κ1) is 13.1. The molecule has 0 spiro atoms. The van der Waals surface area contributed by atoms with Gasteiger partial charge in [0.25, 0.3) is 0 Å². The summed E-state index contributed by atoms with van der Waals surface area (Å²) >= 11 is 0. The first-order valence-electron chi connectivity index (χ1n) is 7.58. The Hall–Kier alpha value is -3.41. The SMILES string of the molecule is O=C1Cc2ccc(-c3nnc4ccc(-c5ccoc5)cn34)cc2N1. The second kappa shape index (κ2) is 4.79. The minimum Gasteiger partial charge on any atom is -0.472 e. The lowest BCUT2D eigenvalue weighted by Crippen LogP contribution is -2.03. The van der Waals surface area contributed by atoms with Crippen LogP contribution < -0.4 is 5.32 Å². The third-order valence-corrected chi connectivity index (χ3v) is 4.25. The molecule has 4 heterocycles. The standard InChI is InChI=1S/C18H12N4O2/c23-17-8-11-1-2-12(7-15(11)19-17)18-21-20-16-4-3-13(9-22(16)18)14-5-6-24-10-14/h1-7,9-10H,8H2,(H,19,23). The number of aromatic nitrogens is 3. The average Bonchev–Trinajstić information content (AvgIpc) is 3.32. The number of furan rings is 1. The predicted octanol–water partition coefficient (Wildman–Crippen LogP) is 3.15. The Labute approximate surface area is 136 Å². The molecule has 0 aliphatic carbocycles. The number of nitrogens with zero attached hydrogens (tertiary/aromatic N) is 3. The van der Waals surface area contributed by atoms with Crippen LogP contribution in [0.3, 0.4) is 0 Å². The number of carbonyl (C=O) groups is 1. The van der Waals surface area contributed by atoms with E-state index in [1.54, 1.807) is 12.5 Å². The number of hydrogen-bond donors (Lipinski definition) is 1. The van der Waals surface area contributed by atoms with Gasteiger partial charge in [-0.15, -0.1) is 10.2 Å². The summed E-state index contributed by atoms with van der Waals surface area (Å²) in [6.45, 7) is 0. The molecule has 0 saturated heterocycles. The molecule has 0 radical (unpaired) electrons. The third kappa shape index (κ3) is 1.93. The normalized spacial score (nSPS) is 13.2. The van der Waals surface area contributed by atoms with Gasteiger partial charge in [0, 0.05) is 28.6 Å². The predicted molar refractivity (Wildman–Crippen MR) is 88.5 cm³/mol. The van der Waals surface area contributed by atoms with E-state index in [1.165, 1.54) is 0 Å². The highest BCUT2D eigenvalue weighted by molar-refractivity contribution is 5.99. The van der Waals surface area contributed by atoms with E-state index >= 15 is 0 Å². The minimum atomic E-state index is 0.0236. The topological polar surface area (TPSA) is 72.4 Å². The fourth-order valence-electron chi connectivity index (χ4n) is 3.04. The van der Waals surface area contributed by atoms with E-state index in [0.29, 0.717) is 6.42 Å². The highest BCUT2D eigenvalue weighted by Crippen LogP contribution is 2.29. The Morgan fingerprint density at radius 1 is 1.04 bits per heavy atom. The molecule has 24 heavy (non-hydrogen) atoms. The highest BCUT2D eigenvalue weighted by Gasteiger charge is 2.19. The Morgan fingerprint density at radius 3 is 2.83 bits per heavy atom. The molecule has 1 aliphatic heterocycles. The van der Waals surface area contributed by atoms with Gasteiger partial charge in [0.2, 0.25) is 5.91 Å². The number of carbonyl (C=O) groups excluding carboxylic acids is 1. The molecular formula is C18H12N4O2. The summed E-state index contributed by atoms with van der Waals surface area (Å²) in [5.41, 5.74) is 5.55. The molecule has 0 saturated carbocycles. The zero-order valence-corrected chi connectivity index (χ0v) is 12.6. The lowest BCUT2D eigenvalue weighted by Gasteiger charge is -2.05. The Balaban J connectivity index is 1.66. The van der Waals surface area contributed by atoms with Crippen molar-refractivity contribution in [2.75, 3.05) is 5.32 Å². The van der Waals surface area contributed by atoms with Gasteiger partial charge in [0.15, 0.2) is 11.5 Å². The maximum atomic E-state index is 11.5. The van der Waals surface area contributed by atoms with Crippen LogP contribution in [0.5, 0.6) is 0 Å². The van der Waals surface area contributed by atoms with E-state index in [0.717, 1.165) is 39.4 Å². The number of hydrogen-bond acceptors (Lipinski definition) is 4. The van der Waals surface area contributed by atoms with Crippen molar-refractivity contribution in [1.29, 1.82) is 0 Å². The van der Waals surface area contributed by atoms with Gasteiger partial charge in [-0.3, -0.25) is 9.20 Å². The zero-order chi connectivity index (χ0) is 16.1. The van der Waals surface area contributed by atoms with Crippen LogP contribution in [0.25, 0.3) is 28.2 Å². The molecule has 6 nitrogen and oxygen atoms in total. The summed E-state index contributed by atoms with van der Waals surface area (Å²) in [6.07, 6.45) is 5.77. The first-order valence-corrected chi connectivity index (χ1v) is 7.58. The van der Waals surface area contributed by atoms with Crippen molar-refractivity contribution in [1.82, 2.24) is 14.6 Å². The van der Waals surface area contributed by atoms with Crippen LogP contribution in [0.1, 0.15) is 5.56 Å². The molecule has 0 fully saturated rings. The molecule has 1 N–H and O–H groups in total. The Morgan fingerprint density at radius 2 is 1.96 bits per heavy atom. The second-order valence-corrected chi connectivity index (χ2v) is 5.78. The summed E-state index contributed by atoms with van der Waals surface area (Å²) in [7, 11) is 0. The van der Waals surface area contributed by atoms with Crippen LogP contribution in [-0.4, -0.2) is 20.5 Å². The number of anilines is 1. The summed E-state index contributed by atoms with van der Waals surface area (Å²) in [5.74, 6) is 0.759. The van der Waals surface area contributed by atoms with Crippen molar-refractivity contribution in [3.05, 3.63) is 60.7 Å². The van der Waals surface area contributed by atoms with Crippen LogP contribution >= 0.6 is 0 Å². The molecule has 6 heteroatoms. The number of fused-ring (bicyclic) bond motifs is 2. The highest BCUT2D eigenvalue weighted by atomic mass is 16.3. The van der Waals surface area contributed by atoms with Crippen LogP contribution in [-0.2, 0) is 11.2 Å². The van der Waals surface area contributed by atoms with Gasteiger partial charge in [-0.2, -0.15) is 0 Å². The molecule has 0 bridgehead atoms. The molecule has 4 aromatic rings. The Kier molecular flexibility index (Phi) is 2.61. The number of rotatable bonds is 2. The van der Waals surface area contributed by atoms with Gasteiger partial charge in [0.1, 0.15) is 0 Å². The fourth-order valence-corrected chi connectivity index (χ4v) is 3.04. The summed E-state index contributed by atoms with van der Waals surface area (Å²) in [5, 5.41) is 11.4. The molecular weight excluding hydrogens is 304 g/mol. The molecule has 116 valence electrons. The maximum absolute atomic E-state index is 11.5. The summed E-state index contributed by atoms with van der Waals surface area (Å²) in [6, 6.07) is 11.7. The van der Waals surface area contributed by atoms with Crippen LogP contribution in [0.2, 0.25) is 0 Å². The summed E-state index contributed by atoms with van der Waals surface area (Å²) in [4.78, 5) is 11.5. The van der Waals surface area contributed by atoms with Crippen molar-refractivity contribution in [3.8, 4) is 22.5 Å². The largest absolute Gasteiger partial charge is 0.472 e. The smallest absolute Gasteiger partial charge is 0.228 e. The molecule has 5 rings (SSSR count). The van der Waals surface area contributed by atoms with E-state index in [1.807, 2.05) is 47.0 Å². The summed E-state index contributed by atoms with van der Waals surface area (Å²) < 4.78 is 7.10. The maximum Gasteiger partial charge on any atom is 0.228 e. The van der Waals surface area contributed by atoms with Crippen molar-refractivity contribution >= 4 is 17.2 Å². The van der Waals surface area contributed by atoms with Crippen molar-refractivity contribution in [3.63, 3.8) is 0 Å². The van der Waals surface area contributed by atoms with E-state index in [4.69, 9.17) is 4.42 Å². The van der Waals surface area contributed by atoms with Crippen LogP contribution in [0.15, 0.2) is 59.5 Å². The molecule has 1 aliphatic rings. The van der Waals surface area contributed by atoms with Gasteiger partial charge < -0.3 is 9.73 Å². The van der Waals surface area contributed by atoms with Crippen molar-refractivity contribution in [2.24, 2.45) is 0 Å². The van der Waals surface area contributed by atoms with E-state index in [2.05, 4.69) is 15.5 Å². The van der Waals surface area contributed by atoms with Crippen LogP contribution in [0, 0.1) is 0 Å². The van der Waals surface area contributed by atoms with E-state index in [-0.39, 0.29) is 5.91 Å². The van der Waals surface area contributed by atoms with Gasteiger partial charge in [-0.05, 0) is 29.8 Å². The van der Waals surface area contributed by atoms with Gasteiger partial charge in [-0.1, -0.05) is 12.1 Å². The lowest BCUT2D eigenvalue weighted by molar-refractivity contribution is -0.115. The average molecular weight is 316 g/mol. The first-order chi connectivity index (χ1) is 11.8. The number of pyridine rings is 1. The van der Waals surface area contributed by atoms with Crippen LogP contribution in [0.4, 0.5) is 5.69 Å². The van der Waals surface area contributed by atoms with E-state index in [9.17, 15) is 4.79 Å². The molecule has 3 aromatic heterocycles. The van der Waals surface area contributed by atoms with Gasteiger partial charge in [-0.25, -0.2) is 0 Å². The van der Waals surface area contributed by atoms with Crippen molar-refractivity contribution in [2.45, 2.75) is 6.42 Å². The Bertz CT molecular complexity index is 1080. The minimum absolute atomic E-state index is 0.0236. The molecule has 1 amide bonds. The molecule has 1 aromatic carbocycles. The number of amides is 1. The van der Waals surface area contributed by atoms with Crippen molar-refractivity contribution < 1.29 is 9.21 Å². The van der Waals surface area contributed by atoms with Gasteiger partial charge >= 0.3 is 0 Å². The zero-order valence-electron chi connectivity index (χ0n) is 12.6. The van der Waals surface area contributed by atoms with E-state index < -0.39 is 0 Å². The second-order valence-electron chi connectivity index (χ2n) is 5.78. The molecule has 0 unspecified atom stereocenters. The molecule has 0 atom stereocenters. The fraction of sp³-hybridized carbons (Fsp3) is 0.0556. The van der Waals surface area contributed by atoms with Gasteiger partial charge in [0.05, 0.1) is 18.9 Å². The monoisotopic (exact) mass is 316 g/mol. The lowest BCUT2D eigenvalue weighted by atomic mass is 10.1.